The monoisotopic (exact) mass is 688 g/mol. The van der Waals surface area contributed by atoms with E-state index >= 15 is 0 Å². The van der Waals surface area contributed by atoms with E-state index < -0.39 is 0 Å². The Morgan fingerprint density at radius 1 is 0.370 bits per heavy atom. The third-order valence-corrected chi connectivity index (χ3v) is 11.0. The predicted molar refractivity (Wildman–Crippen MR) is 220 cm³/mol. The molecule has 0 unspecified atom stereocenters. The molecule has 0 spiro atoms. The summed E-state index contributed by atoms with van der Waals surface area (Å²) in [4.78, 5) is 15.0. The number of fused-ring (bicyclic) bond motifs is 6. The second-order valence-corrected chi connectivity index (χ2v) is 14.0. The summed E-state index contributed by atoms with van der Waals surface area (Å²) in [5.41, 5.74) is 12.8. The molecule has 11 aromatic rings. The van der Waals surface area contributed by atoms with Gasteiger partial charge in [0.2, 0.25) is 0 Å². The minimum Gasteiger partial charge on any atom is -0.456 e. The Morgan fingerprint density at radius 2 is 0.981 bits per heavy atom. The molecule has 1 aliphatic carbocycles. The van der Waals surface area contributed by atoms with Crippen LogP contribution in [0.3, 0.4) is 0 Å². The number of furan rings is 1. The molecule has 54 heavy (non-hydrogen) atoms. The molecule has 0 saturated heterocycles. The topological polar surface area (TPSA) is 56.7 Å². The fraction of sp³-hybridized carbons (Fsp3) is 0. The van der Waals surface area contributed by atoms with Gasteiger partial charge in [0.25, 0.3) is 0 Å². The van der Waals surface area contributed by atoms with Crippen molar-refractivity contribution in [3.63, 3.8) is 0 Å². The Morgan fingerprint density at radius 3 is 1.76 bits per heavy atom. The van der Waals surface area contributed by atoms with E-state index in [1.807, 2.05) is 66.7 Å². The number of para-hydroxylation sites is 1. The van der Waals surface area contributed by atoms with E-state index in [4.69, 9.17) is 19.4 Å². The third kappa shape index (κ3) is 4.18. The van der Waals surface area contributed by atoms with E-state index in [0.29, 0.717) is 17.5 Å². The third-order valence-electron chi connectivity index (χ3n) is 11.0. The summed E-state index contributed by atoms with van der Waals surface area (Å²) in [5, 5.41) is 7.26. The van der Waals surface area contributed by atoms with Crippen LogP contribution in [0.2, 0.25) is 0 Å². The highest BCUT2D eigenvalue weighted by Gasteiger charge is 2.26. The van der Waals surface area contributed by atoms with Crippen LogP contribution in [-0.4, -0.2) is 19.5 Å². The van der Waals surface area contributed by atoms with Gasteiger partial charge in [0.15, 0.2) is 17.5 Å². The Balaban J connectivity index is 1.12. The first-order chi connectivity index (χ1) is 26.8. The lowest BCUT2D eigenvalue weighted by Crippen LogP contribution is -2.01. The van der Waals surface area contributed by atoms with E-state index in [1.54, 1.807) is 0 Å². The Labute approximate surface area is 309 Å². The second kappa shape index (κ2) is 11.1. The highest BCUT2D eigenvalue weighted by atomic mass is 16.3. The van der Waals surface area contributed by atoms with Crippen LogP contribution in [0.1, 0.15) is 0 Å². The van der Waals surface area contributed by atoms with Gasteiger partial charge in [0.1, 0.15) is 11.2 Å². The molecule has 12 rings (SSSR count). The van der Waals surface area contributed by atoms with Gasteiger partial charge in [-0.25, -0.2) is 15.0 Å². The van der Waals surface area contributed by atoms with Gasteiger partial charge in [-0.1, -0.05) is 127 Å². The van der Waals surface area contributed by atoms with Crippen molar-refractivity contribution in [3.05, 3.63) is 170 Å². The molecule has 8 aromatic carbocycles. The molecule has 0 saturated carbocycles. The number of rotatable bonds is 4. The quantitative estimate of drug-likeness (QED) is 0.185. The first-order valence-electron chi connectivity index (χ1n) is 18.2. The highest BCUT2D eigenvalue weighted by molar-refractivity contribution is 6.31. The molecule has 5 nitrogen and oxygen atoms in total. The molecular formula is C49H28N4O. The van der Waals surface area contributed by atoms with Crippen LogP contribution < -0.4 is 0 Å². The largest absolute Gasteiger partial charge is 0.456 e. The summed E-state index contributed by atoms with van der Waals surface area (Å²) in [7, 11) is 0. The van der Waals surface area contributed by atoms with Crippen molar-refractivity contribution >= 4 is 54.5 Å². The maximum absolute atomic E-state index is 6.46. The van der Waals surface area contributed by atoms with Gasteiger partial charge in [-0.05, 0) is 75.5 Å². The zero-order valence-corrected chi connectivity index (χ0v) is 28.9. The molecule has 0 atom stereocenters. The SMILES string of the molecule is c1ccc(-c2nc(-c3ccccc3)nc(-c3cccc(-n4c5cccc6c5c5c7c(cccc7ccc54)-c4cc5c(cc4-6)oc4ccccc45)c3)n2)cc1. The van der Waals surface area contributed by atoms with Crippen molar-refractivity contribution in [2.24, 2.45) is 0 Å². The summed E-state index contributed by atoms with van der Waals surface area (Å²) in [6.45, 7) is 0. The minimum atomic E-state index is 0.628. The molecule has 0 radical (unpaired) electrons. The molecule has 0 N–H and O–H groups in total. The fourth-order valence-corrected chi connectivity index (χ4v) is 8.59. The first kappa shape index (κ1) is 29.2. The molecule has 5 heteroatoms. The summed E-state index contributed by atoms with van der Waals surface area (Å²) in [6, 6.07) is 59.7. The first-order valence-corrected chi connectivity index (χ1v) is 18.2. The maximum Gasteiger partial charge on any atom is 0.164 e. The summed E-state index contributed by atoms with van der Waals surface area (Å²) < 4.78 is 8.86. The zero-order valence-electron chi connectivity index (χ0n) is 28.9. The number of aromatic nitrogens is 4. The molecule has 0 bridgehead atoms. The average Bonchev–Trinajstić information content (AvgIpc) is 3.75. The van der Waals surface area contributed by atoms with E-state index in [1.165, 1.54) is 43.8 Å². The van der Waals surface area contributed by atoms with Crippen LogP contribution in [0.25, 0.3) is 117 Å². The van der Waals surface area contributed by atoms with Crippen LogP contribution >= 0.6 is 0 Å². The summed E-state index contributed by atoms with van der Waals surface area (Å²) >= 11 is 0. The van der Waals surface area contributed by atoms with Crippen LogP contribution in [-0.2, 0) is 0 Å². The van der Waals surface area contributed by atoms with E-state index in [2.05, 4.69) is 108 Å². The number of nitrogens with zero attached hydrogens (tertiary/aromatic N) is 4. The lowest BCUT2D eigenvalue weighted by Gasteiger charge is -2.14. The molecule has 3 heterocycles. The van der Waals surface area contributed by atoms with Gasteiger partial charge in [0, 0.05) is 43.9 Å². The van der Waals surface area contributed by atoms with Gasteiger partial charge in [-0.2, -0.15) is 0 Å². The van der Waals surface area contributed by atoms with Crippen molar-refractivity contribution in [3.8, 4) is 62.1 Å². The highest BCUT2D eigenvalue weighted by Crippen LogP contribution is 2.51. The molecule has 0 fully saturated rings. The van der Waals surface area contributed by atoms with Crippen LogP contribution in [0.5, 0.6) is 0 Å². The molecular weight excluding hydrogens is 661 g/mol. The molecule has 1 aliphatic rings. The summed E-state index contributed by atoms with van der Waals surface area (Å²) in [5.74, 6) is 1.91. The Hall–Kier alpha value is -7.37. The van der Waals surface area contributed by atoms with Crippen LogP contribution in [0.4, 0.5) is 0 Å². The number of hydrogen-bond donors (Lipinski definition) is 0. The minimum absolute atomic E-state index is 0.628. The van der Waals surface area contributed by atoms with Gasteiger partial charge in [0.05, 0.1) is 11.0 Å². The van der Waals surface area contributed by atoms with Gasteiger partial charge >= 0.3 is 0 Å². The average molecular weight is 689 g/mol. The van der Waals surface area contributed by atoms with Crippen molar-refractivity contribution in [1.82, 2.24) is 19.5 Å². The zero-order chi connectivity index (χ0) is 35.3. The Kier molecular flexibility index (Phi) is 5.99. The fourth-order valence-electron chi connectivity index (χ4n) is 8.59. The number of hydrogen-bond acceptors (Lipinski definition) is 4. The smallest absolute Gasteiger partial charge is 0.164 e. The van der Waals surface area contributed by atoms with Gasteiger partial charge < -0.3 is 8.98 Å². The molecule has 3 aromatic heterocycles. The number of benzene rings is 8. The van der Waals surface area contributed by atoms with E-state index in [0.717, 1.165) is 55.3 Å². The maximum atomic E-state index is 6.46. The molecule has 250 valence electrons. The van der Waals surface area contributed by atoms with E-state index in [-0.39, 0.29) is 0 Å². The molecule has 0 amide bonds. The molecule has 0 aliphatic heterocycles. The van der Waals surface area contributed by atoms with Crippen molar-refractivity contribution < 1.29 is 4.42 Å². The predicted octanol–water partition coefficient (Wildman–Crippen LogP) is 12.7. The lowest BCUT2D eigenvalue weighted by molar-refractivity contribution is 0.669. The normalized spacial score (nSPS) is 12.1. The second-order valence-electron chi connectivity index (χ2n) is 14.0. The van der Waals surface area contributed by atoms with Gasteiger partial charge in [-0.15, -0.1) is 0 Å². The van der Waals surface area contributed by atoms with Crippen LogP contribution in [0, 0.1) is 0 Å². The van der Waals surface area contributed by atoms with Crippen molar-refractivity contribution in [2.75, 3.05) is 0 Å². The van der Waals surface area contributed by atoms with Crippen LogP contribution in [0.15, 0.2) is 174 Å². The standard InChI is InChI=1S/C49H28N4O/c1-3-12-30(13-4-1)47-50-48(31-14-5-2-6-15-31)52-49(51-47)32-17-9-18-33(26-32)53-40-22-11-21-36-38-28-43-39(34-19-7-8-23-42(34)54-43)27-37(38)35-20-10-16-29-24-25-41(53)46(44(29)35)45(36)40/h1-28H. The van der Waals surface area contributed by atoms with Crippen molar-refractivity contribution in [1.29, 1.82) is 0 Å². The Bertz CT molecular complexity index is 3270. The lowest BCUT2D eigenvalue weighted by atomic mass is 9.92. The van der Waals surface area contributed by atoms with Gasteiger partial charge in [-0.3, -0.25) is 0 Å². The van der Waals surface area contributed by atoms with E-state index in [9.17, 15) is 0 Å². The van der Waals surface area contributed by atoms with Crippen molar-refractivity contribution in [2.45, 2.75) is 0 Å². The summed E-state index contributed by atoms with van der Waals surface area (Å²) in [6.07, 6.45) is 0.